The smallest absolute Gasteiger partial charge is 0.119 e. The molecule has 0 saturated carbocycles. The third-order valence-corrected chi connectivity index (χ3v) is 3.03. The minimum atomic E-state index is 0.690. The second-order valence-corrected chi connectivity index (χ2v) is 4.76. The van der Waals surface area contributed by atoms with Crippen LogP contribution < -0.4 is 4.74 Å². The molecule has 0 N–H and O–H groups in total. The molecule has 17 heavy (non-hydrogen) atoms. The Morgan fingerprint density at radius 2 is 1.76 bits per heavy atom. The molecule has 2 aromatic rings. The van der Waals surface area contributed by atoms with Crippen molar-refractivity contribution >= 4 is 26.7 Å². The maximum atomic E-state index is 5.65. The van der Waals surface area contributed by atoms with E-state index in [-0.39, 0.29) is 0 Å². The SMILES string of the molecule is COCCCOc1ccc2cc(Br)ccc2c1. The van der Waals surface area contributed by atoms with Crippen molar-refractivity contribution in [2.24, 2.45) is 0 Å². The van der Waals surface area contributed by atoms with E-state index >= 15 is 0 Å². The van der Waals surface area contributed by atoms with Crippen LogP contribution in [0.3, 0.4) is 0 Å². The lowest BCUT2D eigenvalue weighted by atomic mass is 10.1. The summed E-state index contributed by atoms with van der Waals surface area (Å²) in [5, 5.41) is 2.40. The summed E-state index contributed by atoms with van der Waals surface area (Å²) in [5.41, 5.74) is 0. The van der Waals surface area contributed by atoms with Crippen molar-refractivity contribution in [2.75, 3.05) is 20.3 Å². The summed E-state index contributed by atoms with van der Waals surface area (Å²) in [4.78, 5) is 0. The van der Waals surface area contributed by atoms with Crippen molar-refractivity contribution in [1.82, 2.24) is 0 Å². The molecule has 2 nitrogen and oxygen atoms in total. The molecule has 0 bridgehead atoms. The van der Waals surface area contributed by atoms with Crippen LogP contribution in [0.1, 0.15) is 6.42 Å². The summed E-state index contributed by atoms with van der Waals surface area (Å²) in [6.45, 7) is 1.43. The van der Waals surface area contributed by atoms with Crippen LogP contribution in [0.5, 0.6) is 5.75 Å². The van der Waals surface area contributed by atoms with Gasteiger partial charge in [0.15, 0.2) is 0 Å². The number of methoxy groups -OCH3 is 1. The molecule has 0 amide bonds. The van der Waals surface area contributed by atoms with E-state index in [1.807, 2.05) is 12.1 Å². The summed E-state index contributed by atoms with van der Waals surface area (Å²) in [5.74, 6) is 0.913. The van der Waals surface area contributed by atoms with Crippen LogP contribution in [-0.4, -0.2) is 20.3 Å². The largest absolute Gasteiger partial charge is 0.493 e. The van der Waals surface area contributed by atoms with Crippen LogP contribution in [-0.2, 0) is 4.74 Å². The van der Waals surface area contributed by atoms with Gasteiger partial charge >= 0.3 is 0 Å². The molecule has 90 valence electrons. The Morgan fingerprint density at radius 3 is 2.59 bits per heavy atom. The summed E-state index contributed by atoms with van der Waals surface area (Å²) >= 11 is 3.46. The van der Waals surface area contributed by atoms with Crippen LogP contribution in [0.2, 0.25) is 0 Å². The van der Waals surface area contributed by atoms with Crippen molar-refractivity contribution in [2.45, 2.75) is 6.42 Å². The molecule has 0 fully saturated rings. The highest BCUT2D eigenvalue weighted by molar-refractivity contribution is 9.10. The molecule has 2 aromatic carbocycles. The van der Waals surface area contributed by atoms with Gasteiger partial charge in [0.1, 0.15) is 5.75 Å². The monoisotopic (exact) mass is 294 g/mol. The first kappa shape index (κ1) is 12.4. The van der Waals surface area contributed by atoms with Crippen molar-refractivity contribution in [3.8, 4) is 5.75 Å². The molecule has 0 heterocycles. The van der Waals surface area contributed by atoms with Crippen LogP contribution in [0.15, 0.2) is 40.9 Å². The van der Waals surface area contributed by atoms with E-state index in [4.69, 9.17) is 9.47 Å². The van der Waals surface area contributed by atoms with Gasteiger partial charge in [0.25, 0.3) is 0 Å². The maximum Gasteiger partial charge on any atom is 0.119 e. The standard InChI is InChI=1S/C14H15BrO2/c1-16-7-2-8-17-14-6-4-11-9-13(15)5-3-12(11)10-14/h3-6,9-10H,2,7-8H2,1H3. The highest BCUT2D eigenvalue weighted by Gasteiger charge is 1.98. The minimum Gasteiger partial charge on any atom is -0.493 e. The van der Waals surface area contributed by atoms with Gasteiger partial charge in [-0.2, -0.15) is 0 Å². The van der Waals surface area contributed by atoms with Gasteiger partial charge in [-0.05, 0) is 35.0 Å². The number of halogens is 1. The molecular formula is C14H15BrO2. The predicted octanol–water partition coefficient (Wildman–Crippen LogP) is 4.02. The van der Waals surface area contributed by atoms with E-state index in [0.717, 1.165) is 23.2 Å². The van der Waals surface area contributed by atoms with Crippen LogP contribution in [0, 0.1) is 0 Å². The van der Waals surface area contributed by atoms with E-state index in [9.17, 15) is 0 Å². The molecule has 0 aromatic heterocycles. The fourth-order valence-corrected chi connectivity index (χ4v) is 2.06. The topological polar surface area (TPSA) is 18.5 Å². The van der Waals surface area contributed by atoms with E-state index in [1.54, 1.807) is 7.11 Å². The van der Waals surface area contributed by atoms with Crippen molar-refractivity contribution < 1.29 is 9.47 Å². The van der Waals surface area contributed by atoms with Crippen LogP contribution in [0.25, 0.3) is 10.8 Å². The number of rotatable bonds is 5. The molecular weight excluding hydrogens is 280 g/mol. The minimum absolute atomic E-state index is 0.690. The number of fused-ring (bicyclic) bond motifs is 1. The zero-order chi connectivity index (χ0) is 12.1. The quantitative estimate of drug-likeness (QED) is 0.776. The van der Waals surface area contributed by atoms with Crippen LogP contribution in [0.4, 0.5) is 0 Å². The first-order valence-electron chi connectivity index (χ1n) is 5.60. The van der Waals surface area contributed by atoms with E-state index < -0.39 is 0 Å². The fourth-order valence-electron chi connectivity index (χ4n) is 1.68. The summed E-state index contributed by atoms with van der Waals surface area (Å²) in [6, 6.07) is 12.4. The first-order chi connectivity index (χ1) is 8.29. The number of benzene rings is 2. The zero-order valence-electron chi connectivity index (χ0n) is 9.78. The Labute approximate surface area is 110 Å². The van der Waals surface area contributed by atoms with Gasteiger partial charge in [-0.15, -0.1) is 0 Å². The van der Waals surface area contributed by atoms with Crippen LogP contribution >= 0.6 is 15.9 Å². The fraction of sp³-hybridized carbons (Fsp3) is 0.286. The van der Waals surface area contributed by atoms with E-state index in [2.05, 4.69) is 40.2 Å². The lowest BCUT2D eigenvalue weighted by Crippen LogP contribution is -2.01. The van der Waals surface area contributed by atoms with Crippen molar-refractivity contribution in [1.29, 1.82) is 0 Å². The molecule has 0 atom stereocenters. The molecule has 0 saturated heterocycles. The molecule has 2 rings (SSSR count). The Balaban J connectivity index is 2.07. The Bertz CT molecular complexity index is 497. The second kappa shape index (κ2) is 6.03. The van der Waals surface area contributed by atoms with Gasteiger partial charge in [-0.25, -0.2) is 0 Å². The van der Waals surface area contributed by atoms with Crippen molar-refractivity contribution in [3.05, 3.63) is 40.9 Å². The lowest BCUT2D eigenvalue weighted by molar-refractivity contribution is 0.172. The van der Waals surface area contributed by atoms with Gasteiger partial charge in [0, 0.05) is 24.6 Å². The molecule has 0 aliphatic rings. The Morgan fingerprint density at radius 1 is 1.00 bits per heavy atom. The van der Waals surface area contributed by atoms with Gasteiger partial charge < -0.3 is 9.47 Å². The molecule has 0 aliphatic heterocycles. The Hall–Kier alpha value is -1.06. The van der Waals surface area contributed by atoms with E-state index in [0.29, 0.717) is 6.61 Å². The Kier molecular flexibility index (Phi) is 4.40. The molecule has 0 unspecified atom stereocenters. The number of hydrogen-bond donors (Lipinski definition) is 0. The van der Waals surface area contributed by atoms with E-state index in [1.165, 1.54) is 10.8 Å². The normalized spacial score (nSPS) is 10.7. The number of ether oxygens (including phenoxy) is 2. The predicted molar refractivity (Wildman–Crippen MR) is 73.6 cm³/mol. The second-order valence-electron chi connectivity index (χ2n) is 3.85. The maximum absolute atomic E-state index is 5.65. The molecule has 3 heteroatoms. The van der Waals surface area contributed by atoms with Gasteiger partial charge in [0.2, 0.25) is 0 Å². The summed E-state index contributed by atoms with van der Waals surface area (Å²) in [7, 11) is 1.70. The highest BCUT2D eigenvalue weighted by Crippen LogP contribution is 2.24. The van der Waals surface area contributed by atoms with Crippen molar-refractivity contribution in [3.63, 3.8) is 0 Å². The summed E-state index contributed by atoms with van der Waals surface area (Å²) in [6.07, 6.45) is 0.912. The summed E-state index contributed by atoms with van der Waals surface area (Å²) < 4.78 is 11.7. The molecule has 0 aliphatic carbocycles. The zero-order valence-corrected chi connectivity index (χ0v) is 11.4. The average Bonchev–Trinajstić information content (AvgIpc) is 2.35. The van der Waals surface area contributed by atoms with Gasteiger partial charge in [-0.1, -0.05) is 28.1 Å². The number of hydrogen-bond acceptors (Lipinski definition) is 2. The van der Waals surface area contributed by atoms with Gasteiger partial charge in [0.05, 0.1) is 6.61 Å². The molecule has 0 radical (unpaired) electrons. The first-order valence-corrected chi connectivity index (χ1v) is 6.40. The molecule has 0 spiro atoms. The van der Waals surface area contributed by atoms with Gasteiger partial charge in [-0.3, -0.25) is 0 Å². The third kappa shape index (κ3) is 3.45. The lowest BCUT2D eigenvalue weighted by Gasteiger charge is -2.07. The third-order valence-electron chi connectivity index (χ3n) is 2.54. The average molecular weight is 295 g/mol. The highest BCUT2D eigenvalue weighted by atomic mass is 79.9.